The summed E-state index contributed by atoms with van der Waals surface area (Å²) in [6, 6.07) is 16.9. The van der Waals surface area contributed by atoms with Crippen LogP contribution in [0.4, 0.5) is 5.82 Å². The molecule has 0 aliphatic carbocycles. The fraction of sp³-hybridized carbons (Fsp3) is 0.286. The van der Waals surface area contributed by atoms with Crippen LogP contribution in [-0.2, 0) is 16.0 Å². The topological polar surface area (TPSA) is 98.3 Å². The smallest absolute Gasteiger partial charge is 0.229 e. The Balaban J connectivity index is 1.43. The summed E-state index contributed by atoms with van der Waals surface area (Å²) >= 11 is 0. The number of para-hydroxylation sites is 1. The van der Waals surface area contributed by atoms with Crippen molar-refractivity contribution in [2.24, 2.45) is 5.92 Å². The molecule has 1 fully saturated rings. The Bertz CT molecular complexity index is 985. The quantitative estimate of drug-likeness (QED) is 0.607. The van der Waals surface area contributed by atoms with Gasteiger partial charge in [0, 0.05) is 18.4 Å². The van der Waals surface area contributed by atoms with Gasteiger partial charge in [0.05, 0.1) is 24.1 Å². The summed E-state index contributed by atoms with van der Waals surface area (Å²) in [5.74, 6) is -0.252. The van der Waals surface area contributed by atoms with E-state index in [1.165, 1.54) is 0 Å². The SMILES string of the molecule is O=C(N[C@H](CO)Cc1ccccc1)[C@H]1CC(=O)N(c2n[nH]c3ccccc23)C1. The fourth-order valence-electron chi connectivity index (χ4n) is 3.62. The highest BCUT2D eigenvalue weighted by atomic mass is 16.3. The van der Waals surface area contributed by atoms with Crippen LogP contribution in [0.1, 0.15) is 12.0 Å². The minimum absolute atomic E-state index is 0.124. The molecule has 1 aliphatic heterocycles. The highest BCUT2D eigenvalue weighted by Crippen LogP contribution is 2.29. The lowest BCUT2D eigenvalue weighted by molar-refractivity contribution is -0.127. The lowest BCUT2D eigenvalue weighted by Gasteiger charge is -2.19. The number of nitrogens with zero attached hydrogens (tertiary/aromatic N) is 2. The first-order valence-electron chi connectivity index (χ1n) is 9.34. The molecule has 28 heavy (non-hydrogen) atoms. The van der Waals surface area contributed by atoms with E-state index in [0.717, 1.165) is 16.5 Å². The van der Waals surface area contributed by atoms with Crippen LogP contribution in [0.15, 0.2) is 54.6 Å². The van der Waals surface area contributed by atoms with Crippen LogP contribution >= 0.6 is 0 Å². The molecule has 4 rings (SSSR count). The monoisotopic (exact) mass is 378 g/mol. The molecule has 2 amide bonds. The molecule has 0 radical (unpaired) electrons. The van der Waals surface area contributed by atoms with Crippen molar-refractivity contribution in [3.8, 4) is 0 Å². The van der Waals surface area contributed by atoms with Gasteiger partial charge in [-0.2, -0.15) is 5.10 Å². The molecule has 3 aromatic rings. The molecule has 1 aromatic heterocycles. The fourth-order valence-corrected chi connectivity index (χ4v) is 3.62. The van der Waals surface area contributed by atoms with Crippen molar-refractivity contribution < 1.29 is 14.7 Å². The number of benzene rings is 2. The first-order chi connectivity index (χ1) is 13.7. The molecule has 0 unspecified atom stereocenters. The van der Waals surface area contributed by atoms with Gasteiger partial charge in [0.1, 0.15) is 0 Å². The zero-order chi connectivity index (χ0) is 19.5. The Morgan fingerprint density at radius 3 is 2.75 bits per heavy atom. The molecule has 2 heterocycles. The van der Waals surface area contributed by atoms with Crippen molar-refractivity contribution in [3.63, 3.8) is 0 Å². The number of rotatable bonds is 6. The van der Waals surface area contributed by atoms with Gasteiger partial charge < -0.3 is 10.4 Å². The van der Waals surface area contributed by atoms with Gasteiger partial charge in [0.15, 0.2) is 5.82 Å². The van der Waals surface area contributed by atoms with Crippen molar-refractivity contribution >= 4 is 28.5 Å². The Labute approximate surface area is 162 Å². The number of anilines is 1. The van der Waals surface area contributed by atoms with E-state index in [9.17, 15) is 14.7 Å². The van der Waals surface area contributed by atoms with Gasteiger partial charge in [-0.15, -0.1) is 0 Å². The van der Waals surface area contributed by atoms with Gasteiger partial charge in [-0.05, 0) is 24.1 Å². The average molecular weight is 378 g/mol. The number of H-pyrrole nitrogens is 1. The maximum atomic E-state index is 12.7. The Hall–Kier alpha value is -3.19. The molecule has 0 spiro atoms. The molecule has 1 saturated heterocycles. The molecule has 1 aliphatic rings. The maximum absolute atomic E-state index is 12.7. The lowest BCUT2D eigenvalue weighted by Crippen LogP contribution is -2.43. The zero-order valence-electron chi connectivity index (χ0n) is 15.3. The largest absolute Gasteiger partial charge is 0.394 e. The van der Waals surface area contributed by atoms with Crippen molar-refractivity contribution in [2.45, 2.75) is 18.9 Å². The third-order valence-electron chi connectivity index (χ3n) is 5.09. The van der Waals surface area contributed by atoms with E-state index in [1.807, 2.05) is 54.6 Å². The summed E-state index contributed by atoms with van der Waals surface area (Å²) in [5.41, 5.74) is 1.88. The third-order valence-corrected chi connectivity index (χ3v) is 5.09. The van der Waals surface area contributed by atoms with Crippen LogP contribution in [0.25, 0.3) is 10.9 Å². The summed E-state index contributed by atoms with van der Waals surface area (Å²) < 4.78 is 0. The van der Waals surface area contributed by atoms with E-state index >= 15 is 0 Å². The number of amides is 2. The van der Waals surface area contributed by atoms with E-state index in [-0.39, 0.29) is 37.4 Å². The molecule has 7 nitrogen and oxygen atoms in total. The predicted octanol–water partition coefficient (Wildman–Crippen LogP) is 1.64. The van der Waals surface area contributed by atoms with Crippen LogP contribution in [-0.4, -0.2) is 46.3 Å². The molecule has 2 aromatic carbocycles. The van der Waals surface area contributed by atoms with E-state index < -0.39 is 5.92 Å². The first-order valence-corrected chi connectivity index (χ1v) is 9.34. The first kappa shape index (κ1) is 18.2. The number of aliphatic hydroxyl groups is 1. The molecule has 144 valence electrons. The molecule has 3 N–H and O–H groups in total. The van der Waals surface area contributed by atoms with Gasteiger partial charge in [-0.1, -0.05) is 42.5 Å². The molecule has 2 atom stereocenters. The van der Waals surface area contributed by atoms with Crippen molar-refractivity contribution in [2.75, 3.05) is 18.1 Å². The Morgan fingerprint density at radius 2 is 1.96 bits per heavy atom. The Kier molecular flexibility index (Phi) is 5.08. The number of hydrogen-bond acceptors (Lipinski definition) is 4. The molecule has 0 saturated carbocycles. The Morgan fingerprint density at radius 1 is 1.21 bits per heavy atom. The summed E-state index contributed by atoms with van der Waals surface area (Å²) in [6.07, 6.45) is 0.675. The van der Waals surface area contributed by atoms with Crippen molar-refractivity contribution in [1.29, 1.82) is 0 Å². The number of aromatic nitrogens is 2. The van der Waals surface area contributed by atoms with E-state index in [2.05, 4.69) is 15.5 Å². The van der Waals surface area contributed by atoms with Crippen LogP contribution in [0.2, 0.25) is 0 Å². The van der Waals surface area contributed by atoms with Gasteiger partial charge in [0.2, 0.25) is 11.8 Å². The van der Waals surface area contributed by atoms with Gasteiger partial charge in [0.25, 0.3) is 0 Å². The van der Waals surface area contributed by atoms with Crippen molar-refractivity contribution in [1.82, 2.24) is 15.5 Å². The highest BCUT2D eigenvalue weighted by Gasteiger charge is 2.37. The summed E-state index contributed by atoms with van der Waals surface area (Å²) in [6.45, 7) is 0.123. The zero-order valence-corrected chi connectivity index (χ0v) is 15.3. The minimum atomic E-state index is -0.465. The molecule has 7 heteroatoms. The number of aromatic amines is 1. The third kappa shape index (κ3) is 3.61. The molecular weight excluding hydrogens is 356 g/mol. The molecule has 0 bridgehead atoms. The highest BCUT2D eigenvalue weighted by molar-refractivity contribution is 6.05. The number of carbonyl (C=O) groups excluding carboxylic acids is 2. The summed E-state index contributed by atoms with van der Waals surface area (Å²) in [7, 11) is 0. The number of carbonyl (C=O) groups is 2. The van der Waals surface area contributed by atoms with Crippen LogP contribution in [0.3, 0.4) is 0 Å². The van der Waals surface area contributed by atoms with Gasteiger partial charge in [-0.25, -0.2) is 0 Å². The number of hydrogen-bond donors (Lipinski definition) is 3. The predicted molar refractivity (Wildman–Crippen MR) is 106 cm³/mol. The van der Waals surface area contributed by atoms with Gasteiger partial charge >= 0.3 is 0 Å². The number of aliphatic hydroxyl groups excluding tert-OH is 1. The second-order valence-electron chi connectivity index (χ2n) is 7.08. The lowest BCUT2D eigenvalue weighted by atomic mass is 10.0. The van der Waals surface area contributed by atoms with Crippen molar-refractivity contribution in [3.05, 3.63) is 60.2 Å². The van der Waals surface area contributed by atoms with Crippen LogP contribution in [0, 0.1) is 5.92 Å². The number of fused-ring (bicyclic) bond motifs is 1. The normalized spacial score (nSPS) is 17.8. The minimum Gasteiger partial charge on any atom is -0.394 e. The second kappa shape index (κ2) is 7.82. The second-order valence-corrected chi connectivity index (χ2v) is 7.08. The number of nitrogens with one attached hydrogen (secondary N) is 2. The van der Waals surface area contributed by atoms with Gasteiger partial charge in [-0.3, -0.25) is 19.6 Å². The van der Waals surface area contributed by atoms with E-state index in [0.29, 0.717) is 12.2 Å². The summed E-state index contributed by atoms with van der Waals surface area (Å²) in [5, 5.41) is 20.6. The van der Waals surface area contributed by atoms with Crippen LogP contribution in [0.5, 0.6) is 0 Å². The average Bonchev–Trinajstić information content (AvgIpc) is 3.31. The van der Waals surface area contributed by atoms with E-state index in [4.69, 9.17) is 0 Å². The standard InChI is InChI=1S/C21H22N4O3/c26-13-16(10-14-6-2-1-3-7-14)22-21(28)15-11-19(27)25(12-15)20-17-8-4-5-9-18(17)23-24-20/h1-9,15-16,26H,10-13H2,(H,22,28)(H,23,24)/t15-,16-/m0/s1. The van der Waals surface area contributed by atoms with E-state index in [1.54, 1.807) is 4.90 Å². The molecular formula is C21H22N4O3. The van der Waals surface area contributed by atoms with Crippen LogP contribution < -0.4 is 10.2 Å². The summed E-state index contributed by atoms with van der Waals surface area (Å²) in [4.78, 5) is 26.8. The maximum Gasteiger partial charge on any atom is 0.229 e.